The molecule has 1 atom stereocenters. The number of rotatable bonds is 4. The summed E-state index contributed by atoms with van der Waals surface area (Å²) < 4.78 is 4.89. The van der Waals surface area contributed by atoms with Crippen molar-refractivity contribution in [1.29, 1.82) is 0 Å². The number of aromatic nitrogens is 1. The highest BCUT2D eigenvalue weighted by Gasteiger charge is 2.38. The SMILES string of the molecule is Cc1ncoc1C(=O)NC(C(=O)O)C1CC1. The maximum Gasteiger partial charge on any atom is 0.326 e. The van der Waals surface area contributed by atoms with Gasteiger partial charge in [0.05, 0.1) is 5.69 Å². The first-order valence-electron chi connectivity index (χ1n) is 5.03. The van der Waals surface area contributed by atoms with Gasteiger partial charge in [-0.25, -0.2) is 9.78 Å². The molecule has 1 aromatic rings. The topological polar surface area (TPSA) is 92.4 Å². The molecule has 0 saturated heterocycles. The van der Waals surface area contributed by atoms with Gasteiger partial charge in [0.1, 0.15) is 6.04 Å². The monoisotopic (exact) mass is 224 g/mol. The average Bonchev–Trinajstić information content (AvgIpc) is 2.96. The molecule has 1 aliphatic rings. The van der Waals surface area contributed by atoms with Crippen LogP contribution in [0.25, 0.3) is 0 Å². The number of nitrogens with one attached hydrogen (secondary N) is 1. The van der Waals surface area contributed by atoms with E-state index in [1.807, 2.05) is 0 Å². The lowest BCUT2D eigenvalue weighted by molar-refractivity contribution is -0.139. The van der Waals surface area contributed by atoms with Gasteiger partial charge >= 0.3 is 5.97 Å². The summed E-state index contributed by atoms with van der Waals surface area (Å²) >= 11 is 0. The molecule has 6 nitrogen and oxygen atoms in total. The summed E-state index contributed by atoms with van der Waals surface area (Å²) in [5, 5.41) is 11.4. The van der Waals surface area contributed by atoms with E-state index in [4.69, 9.17) is 9.52 Å². The molecule has 1 saturated carbocycles. The molecule has 2 rings (SSSR count). The number of oxazole rings is 1. The van der Waals surface area contributed by atoms with Gasteiger partial charge in [-0.15, -0.1) is 0 Å². The van der Waals surface area contributed by atoms with Crippen LogP contribution in [0.5, 0.6) is 0 Å². The van der Waals surface area contributed by atoms with Crippen LogP contribution in [0.3, 0.4) is 0 Å². The summed E-state index contributed by atoms with van der Waals surface area (Å²) in [5.74, 6) is -1.40. The number of carbonyl (C=O) groups is 2. The van der Waals surface area contributed by atoms with E-state index >= 15 is 0 Å². The van der Waals surface area contributed by atoms with Crippen molar-refractivity contribution in [1.82, 2.24) is 10.3 Å². The molecular weight excluding hydrogens is 212 g/mol. The van der Waals surface area contributed by atoms with Crippen molar-refractivity contribution >= 4 is 11.9 Å². The molecule has 86 valence electrons. The fraction of sp³-hybridized carbons (Fsp3) is 0.500. The van der Waals surface area contributed by atoms with Crippen molar-refractivity contribution in [3.63, 3.8) is 0 Å². The second-order valence-corrected chi connectivity index (χ2v) is 3.89. The minimum Gasteiger partial charge on any atom is -0.480 e. The highest BCUT2D eigenvalue weighted by atomic mass is 16.4. The second kappa shape index (κ2) is 3.96. The molecule has 1 aromatic heterocycles. The molecule has 1 heterocycles. The van der Waals surface area contributed by atoms with Crippen LogP contribution >= 0.6 is 0 Å². The number of aryl methyl sites for hydroxylation is 1. The Morgan fingerprint density at radius 1 is 1.62 bits per heavy atom. The third-order valence-electron chi connectivity index (χ3n) is 2.60. The molecule has 0 radical (unpaired) electrons. The second-order valence-electron chi connectivity index (χ2n) is 3.89. The van der Waals surface area contributed by atoms with E-state index in [9.17, 15) is 9.59 Å². The molecule has 6 heteroatoms. The van der Waals surface area contributed by atoms with Gasteiger partial charge in [-0.2, -0.15) is 0 Å². The smallest absolute Gasteiger partial charge is 0.326 e. The zero-order chi connectivity index (χ0) is 11.7. The molecule has 1 unspecified atom stereocenters. The quantitative estimate of drug-likeness (QED) is 0.780. The van der Waals surface area contributed by atoms with E-state index in [2.05, 4.69) is 10.3 Å². The molecule has 1 amide bonds. The van der Waals surface area contributed by atoms with Crippen molar-refractivity contribution in [3.8, 4) is 0 Å². The highest BCUT2D eigenvalue weighted by Crippen LogP contribution is 2.32. The number of carboxylic acid groups (broad SMARTS) is 1. The van der Waals surface area contributed by atoms with Crippen LogP contribution in [0, 0.1) is 12.8 Å². The molecule has 0 bridgehead atoms. The first kappa shape index (κ1) is 10.7. The van der Waals surface area contributed by atoms with E-state index in [0.717, 1.165) is 19.2 Å². The van der Waals surface area contributed by atoms with Gasteiger partial charge in [0.2, 0.25) is 5.76 Å². The summed E-state index contributed by atoms with van der Waals surface area (Å²) in [6, 6.07) is -0.822. The maximum atomic E-state index is 11.7. The Labute approximate surface area is 91.7 Å². The summed E-state index contributed by atoms with van der Waals surface area (Å²) in [6.45, 7) is 1.63. The van der Waals surface area contributed by atoms with Crippen LogP contribution in [0.2, 0.25) is 0 Å². The zero-order valence-corrected chi connectivity index (χ0v) is 8.77. The number of amides is 1. The summed E-state index contributed by atoms with van der Waals surface area (Å²) in [6.07, 6.45) is 2.84. The minimum atomic E-state index is -1.01. The summed E-state index contributed by atoms with van der Waals surface area (Å²) in [5.41, 5.74) is 0.456. The van der Waals surface area contributed by atoms with Crippen molar-refractivity contribution in [2.45, 2.75) is 25.8 Å². The minimum absolute atomic E-state index is 0.0460. The predicted molar refractivity (Wildman–Crippen MR) is 52.9 cm³/mol. The zero-order valence-electron chi connectivity index (χ0n) is 8.77. The van der Waals surface area contributed by atoms with Crippen LogP contribution < -0.4 is 5.32 Å². The summed E-state index contributed by atoms with van der Waals surface area (Å²) in [7, 11) is 0. The predicted octanol–water partition coefficient (Wildman–Crippen LogP) is 0.576. The molecular formula is C10H12N2O4. The van der Waals surface area contributed by atoms with E-state index in [0.29, 0.717) is 5.69 Å². The van der Waals surface area contributed by atoms with Crippen molar-refractivity contribution in [2.75, 3.05) is 0 Å². The number of carboxylic acids is 1. The number of carbonyl (C=O) groups excluding carboxylic acids is 1. The standard InChI is InChI=1S/C10H12N2O4/c1-5-8(16-4-11-5)9(13)12-7(10(14)15)6-2-3-6/h4,6-7H,2-3H2,1H3,(H,12,13)(H,14,15). The van der Waals surface area contributed by atoms with Gasteiger partial charge in [-0.1, -0.05) is 0 Å². The molecule has 2 N–H and O–H groups in total. The molecule has 0 aliphatic heterocycles. The van der Waals surface area contributed by atoms with Crippen molar-refractivity contribution in [2.24, 2.45) is 5.92 Å². The van der Waals surface area contributed by atoms with E-state index < -0.39 is 17.9 Å². The summed E-state index contributed by atoms with van der Waals surface area (Å²) in [4.78, 5) is 26.4. The van der Waals surface area contributed by atoms with Gasteiger partial charge in [0, 0.05) is 0 Å². The molecule has 1 aliphatic carbocycles. The molecule has 1 fully saturated rings. The Bertz CT molecular complexity index is 422. The van der Waals surface area contributed by atoms with Gasteiger partial charge in [-0.05, 0) is 25.7 Å². The van der Waals surface area contributed by atoms with E-state index in [1.165, 1.54) is 0 Å². The Morgan fingerprint density at radius 2 is 2.31 bits per heavy atom. The van der Waals surface area contributed by atoms with Crippen molar-refractivity contribution < 1.29 is 19.1 Å². The fourth-order valence-electron chi connectivity index (χ4n) is 1.54. The first-order chi connectivity index (χ1) is 7.59. The Hall–Kier alpha value is -1.85. The van der Waals surface area contributed by atoms with Crippen molar-refractivity contribution in [3.05, 3.63) is 17.8 Å². The Balaban J connectivity index is 2.06. The number of aliphatic carboxylic acids is 1. The number of nitrogens with zero attached hydrogens (tertiary/aromatic N) is 1. The van der Waals surface area contributed by atoms with Crippen LogP contribution in [-0.2, 0) is 4.79 Å². The van der Waals surface area contributed by atoms with E-state index in [-0.39, 0.29) is 11.7 Å². The third-order valence-corrected chi connectivity index (χ3v) is 2.60. The lowest BCUT2D eigenvalue weighted by Crippen LogP contribution is -2.42. The Kier molecular flexibility index (Phi) is 2.64. The normalized spacial score (nSPS) is 16.8. The fourth-order valence-corrected chi connectivity index (χ4v) is 1.54. The van der Waals surface area contributed by atoms with Crippen LogP contribution in [0.4, 0.5) is 0 Å². The molecule has 0 spiro atoms. The first-order valence-corrected chi connectivity index (χ1v) is 5.03. The van der Waals surface area contributed by atoms with Crippen LogP contribution in [-0.4, -0.2) is 28.0 Å². The van der Waals surface area contributed by atoms with Crippen LogP contribution in [0.15, 0.2) is 10.8 Å². The van der Waals surface area contributed by atoms with Gasteiger partial charge in [-0.3, -0.25) is 4.79 Å². The lowest BCUT2D eigenvalue weighted by Gasteiger charge is -2.12. The molecule has 16 heavy (non-hydrogen) atoms. The van der Waals surface area contributed by atoms with Gasteiger partial charge in [0.15, 0.2) is 6.39 Å². The largest absolute Gasteiger partial charge is 0.480 e. The molecule has 0 aromatic carbocycles. The van der Waals surface area contributed by atoms with Crippen LogP contribution in [0.1, 0.15) is 29.1 Å². The number of hydrogen-bond donors (Lipinski definition) is 2. The lowest BCUT2D eigenvalue weighted by atomic mass is 10.2. The number of hydrogen-bond acceptors (Lipinski definition) is 4. The third kappa shape index (κ3) is 2.05. The maximum absolute atomic E-state index is 11.7. The van der Waals surface area contributed by atoms with Gasteiger partial charge < -0.3 is 14.8 Å². The van der Waals surface area contributed by atoms with E-state index in [1.54, 1.807) is 6.92 Å². The average molecular weight is 224 g/mol. The van der Waals surface area contributed by atoms with Gasteiger partial charge in [0.25, 0.3) is 5.91 Å². The highest BCUT2D eigenvalue weighted by molar-refractivity contribution is 5.95. The Morgan fingerprint density at radius 3 is 2.75 bits per heavy atom.